The predicted octanol–water partition coefficient (Wildman–Crippen LogP) is 2.81. The van der Waals surface area contributed by atoms with Crippen LogP contribution in [0.1, 0.15) is 11.1 Å². The highest BCUT2D eigenvalue weighted by Gasteiger charge is 2.05. The van der Waals surface area contributed by atoms with Gasteiger partial charge in [-0.05, 0) is 35.9 Å². The van der Waals surface area contributed by atoms with E-state index in [1.807, 2.05) is 36.2 Å². The van der Waals surface area contributed by atoms with E-state index in [1.165, 1.54) is 12.1 Å². The average Bonchev–Trinajstić information content (AvgIpc) is 2.47. The molecule has 0 heterocycles. The standard InChI is InChI=1S/C17H16FNO/c1-19(17-10-8-16(18)9-11-17)13-15-6-3-2-5-14(15)7-4-12-20/h2-3,5-6,8-11,20H,12-13H2,1H3. The zero-order valence-electron chi connectivity index (χ0n) is 11.3. The highest BCUT2D eigenvalue weighted by atomic mass is 19.1. The Hall–Kier alpha value is -2.31. The van der Waals surface area contributed by atoms with Gasteiger partial charge in [0.15, 0.2) is 0 Å². The number of aliphatic hydroxyl groups excluding tert-OH is 1. The average molecular weight is 269 g/mol. The van der Waals surface area contributed by atoms with Crippen LogP contribution in [0.25, 0.3) is 0 Å². The third-order valence-electron chi connectivity index (χ3n) is 2.99. The number of halogens is 1. The van der Waals surface area contributed by atoms with Crippen LogP contribution >= 0.6 is 0 Å². The van der Waals surface area contributed by atoms with Crippen molar-refractivity contribution in [2.75, 3.05) is 18.6 Å². The number of hydrogen-bond donors (Lipinski definition) is 1. The van der Waals surface area contributed by atoms with Gasteiger partial charge < -0.3 is 10.0 Å². The lowest BCUT2D eigenvalue weighted by molar-refractivity contribution is 0.350. The number of nitrogens with zero attached hydrogens (tertiary/aromatic N) is 1. The van der Waals surface area contributed by atoms with Crippen molar-refractivity contribution in [3.8, 4) is 11.8 Å². The zero-order valence-corrected chi connectivity index (χ0v) is 11.3. The van der Waals surface area contributed by atoms with Gasteiger partial charge in [-0.25, -0.2) is 4.39 Å². The van der Waals surface area contributed by atoms with Crippen LogP contribution in [0.2, 0.25) is 0 Å². The van der Waals surface area contributed by atoms with E-state index in [0.29, 0.717) is 6.54 Å². The monoisotopic (exact) mass is 269 g/mol. The molecule has 1 N–H and O–H groups in total. The van der Waals surface area contributed by atoms with Crippen LogP contribution < -0.4 is 4.90 Å². The largest absolute Gasteiger partial charge is 0.384 e. The molecule has 0 aliphatic rings. The van der Waals surface area contributed by atoms with Crippen LogP contribution in [0.3, 0.4) is 0 Å². The second-order valence-corrected chi connectivity index (χ2v) is 4.45. The first-order chi connectivity index (χ1) is 9.70. The summed E-state index contributed by atoms with van der Waals surface area (Å²) in [6.45, 7) is 0.518. The van der Waals surface area contributed by atoms with Crippen molar-refractivity contribution >= 4 is 5.69 Å². The number of hydrogen-bond acceptors (Lipinski definition) is 2. The summed E-state index contributed by atoms with van der Waals surface area (Å²) >= 11 is 0. The van der Waals surface area contributed by atoms with Crippen molar-refractivity contribution in [1.29, 1.82) is 0 Å². The van der Waals surface area contributed by atoms with Gasteiger partial charge in [0.1, 0.15) is 12.4 Å². The van der Waals surface area contributed by atoms with Crippen molar-refractivity contribution < 1.29 is 9.50 Å². The Morgan fingerprint density at radius 2 is 1.80 bits per heavy atom. The van der Waals surface area contributed by atoms with E-state index in [4.69, 9.17) is 5.11 Å². The molecule has 0 amide bonds. The minimum Gasteiger partial charge on any atom is -0.384 e. The van der Waals surface area contributed by atoms with Gasteiger partial charge >= 0.3 is 0 Å². The van der Waals surface area contributed by atoms with E-state index in [-0.39, 0.29) is 12.4 Å². The van der Waals surface area contributed by atoms with Gasteiger partial charge in [-0.1, -0.05) is 30.0 Å². The summed E-state index contributed by atoms with van der Waals surface area (Å²) in [6, 6.07) is 14.2. The fourth-order valence-electron chi connectivity index (χ4n) is 1.96. The first kappa shape index (κ1) is 14.1. The first-order valence-electron chi connectivity index (χ1n) is 6.35. The van der Waals surface area contributed by atoms with Gasteiger partial charge in [0.2, 0.25) is 0 Å². The fraction of sp³-hybridized carbons (Fsp3) is 0.176. The molecule has 3 heteroatoms. The maximum Gasteiger partial charge on any atom is 0.123 e. The third-order valence-corrected chi connectivity index (χ3v) is 2.99. The summed E-state index contributed by atoms with van der Waals surface area (Å²) in [7, 11) is 1.95. The molecule has 0 spiro atoms. The van der Waals surface area contributed by atoms with Crippen molar-refractivity contribution in [2.45, 2.75) is 6.54 Å². The highest BCUT2D eigenvalue weighted by molar-refractivity contribution is 5.48. The van der Waals surface area contributed by atoms with Crippen molar-refractivity contribution in [3.63, 3.8) is 0 Å². The lowest BCUT2D eigenvalue weighted by Gasteiger charge is -2.20. The molecule has 2 rings (SSSR count). The summed E-state index contributed by atoms with van der Waals surface area (Å²) in [5, 5.41) is 8.78. The van der Waals surface area contributed by atoms with E-state index in [0.717, 1.165) is 16.8 Å². The van der Waals surface area contributed by atoms with Crippen molar-refractivity contribution in [2.24, 2.45) is 0 Å². The van der Waals surface area contributed by atoms with Crippen molar-refractivity contribution in [1.82, 2.24) is 0 Å². The van der Waals surface area contributed by atoms with E-state index < -0.39 is 0 Å². The molecule has 0 radical (unpaired) electrons. The van der Waals surface area contributed by atoms with Gasteiger partial charge in [-0.3, -0.25) is 0 Å². The third kappa shape index (κ3) is 3.59. The SMILES string of the molecule is CN(Cc1ccccc1C#CCO)c1ccc(F)cc1. The van der Waals surface area contributed by atoms with Gasteiger partial charge in [0.05, 0.1) is 0 Å². The van der Waals surface area contributed by atoms with Crippen LogP contribution in [0, 0.1) is 17.7 Å². The van der Waals surface area contributed by atoms with Crippen LogP contribution in [0.15, 0.2) is 48.5 Å². The van der Waals surface area contributed by atoms with Crippen LogP contribution in [0.4, 0.5) is 10.1 Å². The Morgan fingerprint density at radius 3 is 2.50 bits per heavy atom. The molecule has 2 aromatic rings. The molecular weight excluding hydrogens is 253 g/mol. The van der Waals surface area contributed by atoms with E-state index in [1.54, 1.807) is 12.1 Å². The molecule has 2 nitrogen and oxygen atoms in total. The number of anilines is 1. The summed E-state index contributed by atoms with van der Waals surface area (Å²) in [4.78, 5) is 2.03. The molecular formula is C17H16FNO. The maximum absolute atomic E-state index is 12.9. The zero-order chi connectivity index (χ0) is 14.4. The molecule has 0 unspecified atom stereocenters. The molecule has 2 aromatic carbocycles. The maximum atomic E-state index is 12.9. The number of rotatable bonds is 3. The Morgan fingerprint density at radius 1 is 1.10 bits per heavy atom. The molecule has 0 saturated heterocycles. The Balaban J connectivity index is 2.19. The van der Waals surface area contributed by atoms with Crippen LogP contribution in [0.5, 0.6) is 0 Å². The Kier molecular flexibility index (Phi) is 4.75. The number of aliphatic hydroxyl groups is 1. The lowest BCUT2D eigenvalue weighted by atomic mass is 10.1. The molecule has 0 aliphatic heterocycles. The molecule has 0 aromatic heterocycles. The minimum absolute atomic E-state index is 0.151. The second-order valence-electron chi connectivity index (χ2n) is 4.45. The van der Waals surface area contributed by atoms with Crippen LogP contribution in [-0.4, -0.2) is 18.8 Å². The highest BCUT2D eigenvalue weighted by Crippen LogP contribution is 2.17. The summed E-state index contributed by atoms with van der Waals surface area (Å²) in [5.74, 6) is 5.37. The molecule has 0 aliphatic carbocycles. The lowest BCUT2D eigenvalue weighted by Crippen LogP contribution is -2.17. The fourth-order valence-corrected chi connectivity index (χ4v) is 1.96. The smallest absolute Gasteiger partial charge is 0.123 e. The first-order valence-corrected chi connectivity index (χ1v) is 6.35. The Labute approximate surface area is 118 Å². The van der Waals surface area contributed by atoms with E-state index in [2.05, 4.69) is 11.8 Å². The molecule has 102 valence electrons. The van der Waals surface area contributed by atoms with E-state index in [9.17, 15) is 4.39 Å². The molecule has 20 heavy (non-hydrogen) atoms. The quantitative estimate of drug-likeness (QED) is 0.866. The van der Waals surface area contributed by atoms with Gasteiger partial charge in [0, 0.05) is 24.8 Å². The van der Waals surface area contributed by atoms with Gasteiger partial charge in [0.25, 0.3) is 0 Å². The normalized spacial score (nSPS) is 9.75. The van der Waals surface area contributed by atoms with Crippen molar-refractivity contribution in [3.05, 3.63) is 65.5 Å². The summed E-state index contributed by atoms with van der Waals surface area (Å²) in [5.41, 5.74) is 2.91. The number of benzene rings is 2. The molecule has 0 atom stereocenters. The molecule has 0 saturated carbocycles. The Bertz CT molecular complexity index is 625. The molecule has 0 bridgehead atoms. The van der Waals surface area contributed by atoms with E-state index >= 15 is 0 Å². The minimum atomic E-state index is -0.239. The second kappa shape index (κ2) is 6.74. The van der Waals surface area contributed by atoms with Crippen LogP contribution in [-0.2, 0) is 6.54 Å². The van der Waals surface area contributed by atoms with Gasteiger partial charge in [-0.15, -0.1) is 0 Å². The summed E-state index contributed by atoms with van der Waals surface area (Å²) in [6.07, 6.45) is 0. The topological polar surface area (TPSA) is 23.5 Å². The molecule has 0 fully saturated rings. The van der Waals surface area contributed by atoms with Gasteiger partial charge in [-0.2, -0.15) is 0 Å². The summed E-state index contributed by atoms with van der Waals surface area (Å²) < 4.78 is 12.9. The predicted molar refractivity (Wildman–Crippen MR) is 78.9 cm³/mol.